The predicted molar refractivity (Wildman–Crippen MR) is 57.2 cm³/mol. The van der Waals surface area contributed by atoms with Crippen LogP contribution in [0.2, 0.25) is 0 Å². The first-order chi connectivity index (χ1) is 6.93. The van der Waals surface area contributed by atoms with Crippen molar-refractivity contribution in [1.29, 1.82) is 0 Å². The second-order valence-corrected chi connectivity index (χ2v) is 4.90. The van der Waals surface area contributed by atoms with Gasteiger partial charge in [-0.3, -0.25) is 14.4 Å². The normalized spacial score (nSPS) is 31.0. The second-order valence-electron chi connectivity index (χ2n) is 3.57. The Morgan fingerprint density at radius 3 is 2.07 bits per heavy atom. The van der Waals surface area contributed by atoms with Crippen LogP contribution in [0.1, 0.15) is 19.3 Å². The van der Waals surface area contributed by atoms with Crippen molar-refractivity contribution in [2.45, 2.75) is 24.6 Å². The van der Waals surface area contributed by atoms with Gasteiger partial charge in [0.15, 0.2) is 0 Å². The highest BCUT2D eigenvalue weighted by Gasteiger charge is 2.39. The Morgan fingerprint density at radius 2 is 1.60 bits per heavy atom. The van der Waals surface area contributed by atoms with E-state index in [2.05, 4.69) is 0 Å². The van der Waals surface area contributed by atoms with E-state index in [4.69, 9.17) is 34.8 Å². The van der Waals surface area contributed by atoms with Gasteiger partial charge >= 0.3 is 0 Å². The minimum absolute atomic E-state index is 0.206. The lowest BCUT2D eigenvalue weighted by Crippen LogP contribution is -2.36. The minimum atomic E-state index is -1.06. The fraction of sp³-hybridized carbons (Fsp3) is 0.667. The molecule has 0 bridgehead atoms. The van der Waals surface area contributed by atoms with Gasteiger partial charge in [0.25, 0.3) is 5.24 Å². The minimum Gasteiger partial charge on any atom is -0.289 e. The molecule has 1 aliphatic rings. The van der Waals surface area contributed by atoms with Crippen LogP contribution in [0.3, 0.4) is 0 Å². The largest absolute Gasteiger partial charge is 0.289 e. The van der Waals surface area contributed by atoms with E-state index >= 15 is 0 Å². The highest BCUT2D eigenvalue weighted by molar-refractivity contribution is 6.81. The van der Waals surface area contributed by atoms with Crippen LogP contribution in [0.25, 0.3) is 0 Å². The van der Waals surface area contributed by atoms with Crippen molar-refractivity contribution in [3.8, 4) is 0 Å². The SMILES string of the molecule is O=C(Cl)C(=O)[C@@H]1C[C@H](Cl)CCC1C(=O)Cl. The first-order valence-electron chi connectivity index (χ1n) is 4.50. The summed E-state index contributed by atoms with van der Waals surface area (Å²) >= 11 is 16.3. The van der Waals surface area contributed by atoms with Crippen molar-refractivity contribution >= 4 is 51.1 Å². The lowest BCUT2D eigenvalue weighted by atomic mass is 9.77. The first-order valence-corrected chi connectivity index (χ1v) is 5.69. The van der Waals surface area contributed by atoms with Gasteiger partial charge in [-0.2, -0.15) is 0 Å². The Kier molecular flexibility index (Phi) is 4.56. The Morgan fingerprint density at radius 1 is 1.00 bits per heavy atom. The Labute approximate surface area is 102 Å². The van der Waals surface area contributed by atoms with E-state index in [0.29, 0.717) is 12.8 Å². The third-order valence-electron chi connectivity index (χ3n) is 2.61. The maximum atomic E-state index is 11.4. The van der Waals surface area contributed by atoms with Gasteiger partial charge in [-0.1, -0.05) is 0 Å². The number of carbonyl (C=O) groups excluding carboxylic acids is 3. The highest BCUT2D eigenvalue weighted by atomic mass is 35.5. The van der Waals surface area contributed by atoms with Crippen LogP contribution in [0.5, 0.6) is 0 Å². The van der Waals surface area contributed by atoms with Gasteiger partial charge in [0.05, 0.1) is 0 Å². The molecule has 1 saturated carbocycles. The van der Waals surface area contributed by atoms with Gasteiger partial charge in [-0.15, -0.1) is 11.6 Å². The number of halogens is 3. The van der Waals surface area contributed by atoms with Crippen molar-refractivity contribution in [2.75, 3.05) is 0 Å². The molecular formula is C9H9Cl3O3. The zero-order valence-corrected chi connectivity index (χ0v) is 9.98. The van der Waals surface area contributed by atoms with Crippen molar-refractivity contribution in [1.82, 2.24) is 0 Å². The molecule has 0 radical (unpaired) electrons. The van der Waals surface area contributed by atoms with E-state index in [0.717, 1.165) is 0 Å². The van der Waals surface area contributed by atoms with Gasteiger partial charge in [0.2, 0.25) is 11.0 Å². The molecule has 0 heterocycles. The first kappa shape index (κ1) is 12.9. The summed E-state index contributed by atoms with van der Waals surface area (Å²) < 4.78 is 0. The van der Waals surface area contributed by atoms with E-state index in [-0.39, 0.29) is 11.8 Å². The third kappa shape index (κ3) is 3.16. The van der Waals surface area contributed by atoms with Crippen LogP contribution < -0.4 is 0 Å². The molecule has 0 aromatic rings. The second kappa shape index (κ2) is 5.28. The molecule has 0 aromatic carbocycles. The standard InChI is InChI=1S/C9H9Cl3O3/c10-4-1-2-5(8(11)14)6(3-4)7(13)9(12)15/h4-6H,1-3H2/t4-,5?,6-/m1/s1. The van der Waals surface area contributed by atoms with Gasteiger partial charge in [-0.25, -0.2) is 0 Å². The molecule has 0 N–H and O–H groups in total. The maximum absolute atomic E-state index is 11.4. The van der Waals surface area contributed by atoms with Crippen LogP contribution in [-0.4, -0.2) is 21.6 Å². The van der Waals surface area contributed by atoms with Crippen molar-refractivity contribution in [3.05, 3.63) is 0 Å². The topological polar surface area (TPSA) is 51.2 Å². The molecule has 84 valence electrons. The Bertz CT molecular complexity index is 303. The van der Waals surface area contributed by atoms with E-state index in [1.165, 1.54) is 0 Å². The summed E-state index contributed by atoms with van der Waals surface area (Å²) in [5.74, 6) is -2.14. The fourth-order valence-electron chi connectivity index (χ4n) is 1.83. The Balaban J connectivity index is 2.83. The number of carbonyl (C=O) groups is 3. The van der Waals surface area contributed by atoms with Crippen LogP contribution in [0.4, 0.5) is 0 Å². The summed E-state index contributed by atoms with van der Waals surface area (Å²) in [6.07, 6.45) is 1.32. The molecule has 1 rings (SSSR count). The molecule has 0 aliphatic heterocycles. The number of alkyl halides is 1. The van der Waals surface area contributed by atoms with E-state index < -0.39 is 28.1 Å². The van der Waals surface area contributed by atoms with E-state index in [1.807, 2.05) is 0 Å². The molecule has 15 heavy (non-hydrogen) atoms. The zero-order valence-electron chi connectivity index (χ0n) is 7.71. The molecule has 1 unspecified atom stereocenters. The molecule has 0 spiro atoms. The van der Waals surface area contributed by atoms with Crippen LogP contribution in [0.15, 0.2) is 0 Å². The zero-order chi connectivity index (χ0) is 11.6. The van der Waals surface area contributed by atoms with E-state index in [1.54, 1.807) is 0 Å². The van der Waals surface area contributed by atoms with Gasteiger partial charge in [0.1, 0.15) is 0 Å². The summed E-state index contributed by atoms with van der Waals surface area (Å²) in [5.41, 5.74) is 0. The summed E-state index contributed by atoms with van der Waals surface area (Å²) in [5, 5.41) is -1.87. The number of hydrogen-bond acceptors (Lipinski definition) is 3. The molecule has 1 aliphatic carbocycles. The molecule has 0 saturated heterocycles. The molecule has 3 atom stereocenters. The quantitative estimate of drug-likeness (QED) is 0.449. The predicted octanol–water partition coefficient (Wildman–Crippen LogP) is 2.11. The monoisotopic (exact) mass is 270 g/mol. The average molecular weight is 272 g/mol. The number of hydrogen-bond donors (Lipinski definition) is 0. The maximum Gasteiger partial charge on any atom is 0.288 e. The van der Waals surface area contributed by atoms with Gasteiger partial charge in [-0.05, 0) is 42.5 Å². The number of rotatable bonds is 3. The van der Waals surface area contributed by atoms with Crippen molar-refractivity contribution < 1.29 is 14.4 Å². The van der Waals surface area contributed by atoms with E-state index in [9.17, 15) is 14.4 Å². The summed E-state index contributed by atoms with van der Waals surface area (Å²) in [6.45, 7) is 0. The number of ketones is 1. The lowest BCUT2D eigenvalue weighted by Gasteiger charge is -2.29. The van der Waals surface area contributed by atoms with Crippen LogP contribution >= 0.6 is 34.8 Å². The van der Waals surface area contributed by atoms with Gasteiger partial charge < -0.3 is 0 Å². The number of Topliss-reactive ketones (excluding diaryl/α,β-unsaturated/α-hetero) is 1. The van der Waals surface area contributed by atoms with Crippen molar-refractivity contribution in [2.24, 2.45) is 11.8 Å². The lowest BCUT2D eigenvalue weighted by molar-refractivity contribution is -0.138. The summed E-state index contributed by atoms with van der Waals surface area (Å²) in [7, 11) is 0. The molecular weight excluding hydrogens is 262 g/mol. The molecule has 1 fully saturated rings. The smallest absolute Gasteiger partial charge is 0.288 e. The van der Waals surface area contributed by atoms with Crippen LogP contribution in [0, 0.1) is 11.8 Å². The molecule has 6 heteroatoms. The van der Waals surface area contributed by atoms with Gasteiger partial charge in [0, 0.05) is 17.2 Å². The summed E-state index contributed by atoms with van der Waals surface area (Å²) in [4.78, 5) is 33.2. The third-order valence-corrected chi connectivity index (χ3v) is 3.47. The average Bonchev–Trinajstić information content (AvgIpc) is 2.15. The molecule has 3 nitrogen and oxygen atoms in total. The molecule has 0 amide bonds. The van der Waals surface area contributed by atoms with Crippen molar-refractivity contribution in [3.63, 3.8) is 0 Å². The Hall–Kier alpha value is -0.120. The fourth-order valence-corrected chi connectivity index (χ4v) is 2.55. The van der Waals surface area contributed by atoms with Crippen LogP contribution in [-0.2, 0) is 14.4 Å². The highest BCUT2D eigenvalue weighted by Crippen LogP contribution is 2.35. The molecule has 0 aromatic heterocycles. The summed E-state index contributed by atoms with van der Waals surface area (Å²) in [6, 6.07) is 0.